The van der Waals surface area contributed by atoms with Crippen LogP contribution in [0.3, 0.4) is 0 Å². The van der Waals surface area contributed by atoms with Crippen LogP contribution in [0.5, 0.6) is 0 Å². The average molecular weight is 330 g/mol. The van der Waals surface area contributed by atoms with Crippen LogP contribution in [0.15, 0.2) is 24.3 Å². The van der Waals surface area contributed by atoms with Gasteiger partial charge in [-0.05, 0) is 55.7 Å². The molecule has 1 aromatic rings. The Labute approximate surface area is 143 Å². The summed E-state index contributed by atoms with van der Waals surface area (Å²) in [5.74, 6) is 0.630. The van der Waals surface area contributed by atoms with Gasteiger partial charge in [-0.2, -0.15) is 0 Å². The van der Waals surface area contributed by atoms with E-state index in [1.807, 2.05) is 29.2 Å². The van der Waals surface area contributed by atoms with E-state index in [4.69, 9.17) is 5.11 Å². The summed E-state index contributed by atoms with van der Waals surface area (Å²) in [6.45, 7) is 1.04. The van der Waals surface area contributed by atoms with Gasteiger partial charge in [0.25, 0.3) is 0 Å². The van der Waals surface area contributed by atoms with Crippen molar-refractivity contribution in [2.24, 2.45) is 5.92 Å². The van der Waals surface area contributed by atoms with Crippen molar-refractivity contribution >= 4 is 17.5 Å². The number of carbonyl (C=O) groups excluding carboxylic acids is 2. The number of amides is 2. The van der Waals surface area contributed by atoms with E-state index in [1.165, 1.54) is 0 Å². The molecule has 0 spiro atoms. The van der Waals surface area contributed by atoms with Crippen LogP contribution in [0.4, 0.5) is 5.69 Å². The highest BCUT2D eigenvalue weighted by Crippen LogP contribution is 2.24. The molecule has 1 aromatic carbocycles. The van der Waals surface area contributed by atoms with Crippen LogP contribution in [0.1, 0.15) is 44.1 Å². The summed E-state index contributed by atoms with van der Waals surface area (Å²) >= 11 is 0. The lowest BCUT2D eigenvalue weighted by Crippen LogP contribution is -2.38. The smallest absolute Gasteiger partial charge is 0.227 e. The Morgan fingerprint density at radius 2 is 1.88 bits per heavy atom. The lowest BCUT2D eigenvalue weighted by molar-refractivity contribution is -0.121. The van der Waals surface area contributed by atoms with E-state index < -0.39 is 0 Å². The first kappa shape index (κ1) is 17.0. The highest BCUT2D eigenvalue weighted by atomic mass is 16.3. The number of nitrogens with one attached hydrogen (secondary N) is 1. The van der Waals surface area contributed by atoms with Crippen molar-refractivity contribution in [3.8, 4) is 0 Å². The van der Waals surface area contributed by atoms with Gasteiger partial charge in [0.1, 0.15) is 0 Å². The topological polar surface area (TPSA) is 69.6 Å². The van der Waals surface area contributed by atoms with Gasteiger partial charge in [0, 0.05) is 31.3 Å². The van der Waals surface area contributed by atoms with Crippen LogP contribution in [0.2, 0.25) is 0 Å². The molecule has 0 unspecified atom stereocenters. The molecule has 0 aromatic heterocycles. The molecule has 0 atom stereocenters. The van der Waals surface area contributed by atoms with Crippen molar-refractivity contribution in [2.45, 2.75) is 51.0 Å². The summed E-state index contributed by atoms with van der Waals surface area (Å²) in [4.78, 5) is 25.8. The second-order valence-electron chi connectivity index (χ2n) is 6.96. The van der Waals surface area contributed by atoms with Crippen LogP contribution < -0.4 is 10.2 Å². The minimum atomic E-state index is 0.0486. The average Bonchev–Trinajstić information content (AvgIpc) is 3.02. The number of aliphatic hydroxyl groups excluding tert-OH is 1. The largest absolute Gasteiger partial charge is 0.396 e. The van der Waals surface area contributed by atoms with Crippen molar-refractivity contribution in [1.29, 1.82) is 0 Å². The number of hydrogen-bond acceptors (Lipinski definition) is 3. The molecule has 2 aliphatic rings. The third-order valence-electron chi connectivity index (χ3n) is 5.16. The van der Waals surface area contributed by atoms with Crippen LogP contribution in [0.25, 0.3) is 0 Å². The standard InChI is InChI=1S/C19H26N2O3/c22-13-15-3-7-16(8-4-15)20-18(23)12-14-5-9-17(10-6-14)21-11-1-2-19(21)24/h5-6,9-10,15-16,22H,1-4,7-8,11-13H2,(H,20,23). The monoisotopic (exact) mass is 330 g/mol. The summed E-state index contributed by atoms with van der Waals surface area (Å²) in [7, 11) is 0. The first-order valence-electron chi connectivity index (χ1n) is 8.95. The van der Waals surface area contributed by atoms with E-state index in [2.05, 4.69) is 5.32 Å². The zero-order chi connectivity index (χ0) is 16.9. The second kappa shape index (κ2) is 7.79. The Hall–Kier alpha value is -1.88. The molecule has 2 amide bonds. The number of aliphatic hydroxyl groups is 1. The number of nitrogens with zero attached hydrogens (tertiary/aromatic N) is 1. The molecule has 2 fully saturated rings. The Morgan fingerprint density at radius 1 is 1.17 bits per heavy atom. The maximum absolute atomic E-state index is 12.2. The molecule has 1 aliphatic carbocycles. The molecular weight excluding hydrogens is 304 g/mol. The van der Waals surface area contributed by atoms with Gasteiger partial charge in [-0.25, -0.2) is 0 Å². The van der Waals surface area contributed by atoms with Crippen molar-refractivity contribution in [1.82, 2.24) is 5.32 Å². The van der Waals surface area contributed by atoms with Gasteiger partial charge in [0.2, 0.25) is 11.8 Å². The number of benzene rings is 1. The fraction of sp³-hybridized carbons (Fsp3) is 0.579. The van der Waals surface area contributed by atoms with Crippen LogP contribution in [-0.4, -0.2) is 36.1 Å². The highest BCUT2D eigenvalue weighted by molar-refractivity contribution is 5.95. The third kappa shape index (κ3) is 4.15. The molecule has 5 heteroatoms. The molecule has 1 saturated heterocycles. The Morgan fingerprint density at radius 3 is 2.46 bits per heavy atom. The van der Waals surface area contributed by atoms with Crippen molar-refractivity contribution in [3.63, 3.8) is 0 Å². The van der Waals surface area contributed by atoms with Crippen LogP contribution in [-0.2, 0) is 16.0 Å². The quantitative estimate of drug-likeness (QED) is 0.868. The van der Waals surface area contributed by atoms with E-state index in [1.54, 1.807) is 0 Å². The summed E-state index contributed by atoms with van der Waals surface area (Å²) in [5, 5.41) is 12.3. The first-order valence-corrected chi connectivity index (χ1v) is 8.95. The summed E-state index contributed by atoms with van der Waals surface area (Å²) in [6.07, 6.45) is 5.79. The minimum Gasteiger partial charge on any atom is -0.396 e. The molecule has 3 rings (SSSR count). The lowest BCUT2D eigenvalue weighted by atomic mass is 9.86. The number of carbonyl (C=O) groups is 2. The number of rotatable bonds is 5. The van der Waals surface area contributed by atoms with Gasteiger partial charge >= 0.3 is 0 Å². The van der Waals surface area contributed by atoms with E-state index in [-0.39, 0.29) is 24.5 Å². The van der Waals surface area contributed by atoms with Gasteiger partial charge in [0.05, 0.1) is 6.42 Å². The Bertz CT molecular complexity index is 577. The van der Waals surface area contributed by atoms with Gasteiger partial charge in [-0.15, -0.1) is 0 Å². The Kier molecular flexibility index (Phi) is 5.51. The molecule has 2 N–H and O–H groups in total. The molecule has 0 bridgehead atoms. The number of hydrogen-bond donors (Lipinski definition) is 2. The van der Waals surface area contributed by atoms with Crippen LogP contribution >= 0.6 is 0 Å². The van der Waals surface area contributed by atoms with E-state index in [0.717, 1.165) is 49.9 Å². The second-order valence-corrected chi connectivity index (χ2v) is 6.96. The molecule has 24 heavy (non-hydrogen) atoms. The van der Waals surface area contributed by atoms with Gasteiger partial charge in [0.15, 0.2) is 0 Å². The van der Waals surface area contributed by atoms with E-state index in [0.29, 0.717) is 18.8 Å². The zero-order valence-electron chi connectivity index (χ0n) is 14.0. The molecule has 130 valence electrons. The maximum atomic E-state index is 12.2. The van der Waals surface area contributed by atoms with E-state index in [9.17, 15) is 9.59 Å². The van der Waals surface area contributed by atoms with Crippen molar-refractivity contribution < 1.29 is 14.7 Å². The fourth-order valence-electron chi connectivity index (χ4n) is 3.67. The predicted octanol–water partition coefficient (Wildman–Crippen LogP) is 2.02. The SMILES string of the molecule is O=C(Cc1ccc(N2CCCC2=O)cc1)NC1CCC(CO)CC1. The Balaban J connectivity index is 1.49. The van der Waals surface area contributed by atoms with Gasteiger partial charge in [-0.1, -0.05) is 12.1 Å². The molecule has 0 radical (unpaired) electrons. The summed E-state index contributed by atoms with van der Waals surface area (Å²) in [5.41, 5.74) is 1.89. The lowest BCUT2D eigenvalue weighted by Gasteiger charge is -2.28. The summed E-state index contributed by atoms with van der Waals surface area (Å²) in [6, 6.07) is 7.96. The minimum absolute atomic E-state index is 0.0486. The molecule has 1 saturated carbocycles. The fourth-order valence-corrected chi connectivity index (χ4v) is 3.67. The van der Waals surface area contributed by atoms with Crippen molar-refractivity contribution in [3.05, 3.63) is 29.8 Å². The van der Waals surface area contributed by atoms with Gasteiger partial charge in [-0.3, -0.25) is 9.59 Å². The normalized spacial score (nSPS) is 24.2. The molecule has 1 aliphatic heterocycles. The van der Waals surface area contributed by atoms with Gasteiger partial charge < -0.3 is 15.3 Å². The van der Waals surface area contributed by atoms with Crippen LogP contribution in [0, 0.1) is 5.92 Å². The zero-order valence-corrected chi connectivity index (χ0v) is 14.0. The highest BCUT2D eigenvalue weighted by Gasteiger charge is 2.23. The predicted molar refractivity (Wildman–Crippen MR) is 92.7 cm³/mol. The number of anilines is 1. The van der Waals surface area contributed by atoms with Crippen molar-refractivity contribution in [2.75, 3.05) is 18.1 Å². The third-order valence-corrected chi connectivity index (χ3v) is 5.16. The maximum Gasteiger partial charge on any atom is 0.227 e. The van der Waals surface area contributed by atoms with E-state index >= 15 is 0 Å². The molecule has 1 heterocycles. The summed E-state index contributed by atoms with van der Waals surface area (Å²) < 4.78 is 0. The molecular formula is C19H26N2O3. The molecule has 5 nitrogen and oxygen atoms in total. The first-order chi connectivity index (χ1) is 11.7.